The van der Waals surface area contributed by atoms with E-state index in [1.165, 1.54) is 0 Å². The average molecular weight is 295 g/mol. The van der Waals surface area contributed by atoms with Crippen LogP contribution in [-0.4, -0.2) is 6.07 Å². The van der Waals surface area contributed by atoms with Crippen molar-refractivity contribution in [2.24, 2.45) is 0 Å². The Bertz CT molecular complexity index is 708. The number of ether oxygens (including phenoxy) is 1. The van der Waals surface area contributed by atoms with Crippen molar-refractivity contribution in [3.05, 3.63) is 78.9 Å². The van der Waals surface area contributed by atoms with Gasteiger partial charge in [0.2, 0.25) is 0 Å². The molecule has 0 radical (unpaired) electrons. The molecular weight excluding hydrogens is 280 g/mol. The van der Waals surface area contributed by atoms with Crippen LogP contribution in [0, 0.1) is 0 Å². The molecule has 3 aromatic rings. The fourth-order valence-corrected chi connectivity index (χ4v) is 2.59. The zero-order chi connectivity index (χ0) is 14.5. The first-order valence-corrected chi connectivity index (χ1v) is 7.36. The predicted molar refractivity (Wildman–Crippen MR) is 88.7 cm³/mol. The van der Waals surface area contributed by atoms with Gasteiger partial charge in [0, 0.05) is 5.56 Å². The molecule has 0 heterocycles. The Labute approximate surface area is 129 Å². The fourth-order valence-electron chi connectivity index (χ4n) is 2.47. The number of halogens is 1. The molecule has 0 aromatic heterocycles. The van der Waals surface area contributed by atoms with Crippen LogP contribution in [0.3, 0.4) is 0 Å². The summed E-state index contributed by atoms with van der Waals surface area (Å²) >= 11 is 5.77. The van der Waals surface area contributed by atoms with Gasteiger partial charge in [-0.25, -0.2) is 0 Å². The normalized spacial score (nSPS) is 10.3. The van der Waals surface area contributed by atoms with Crippen molar-refractivity contribution in [1.29, 1.82) is 0 Å². The molecule has 0 N–H and O–H groups in total. The van der Waals surface area contributed by atoms with Gasteiger partial charge >= 0.3 is 0 Å². The minimum absolute atomic E-state index is 0.137. The van der Waals surface area contributed by atoms with Gasteiger partial charge in [-0.15, -0.1) is 0 Å². The lowest BCUT2D eigenvalue weighted by Crippen LogP contribution is -1.94. The van der Waals surface area contributed by atoms with Crippen molar-refractivity contribution < 1.29 is 4.74 Å². The van der Waals surface area contributed by atoms with Crippen LogP contribution in [-0.2, 0) is 0 Å². The molecule has 104 valence electrons. The van der Waals surface area contributed by atoms with E-state index in [4.69, 9.17) is 16.3 Å². The van der Waals surface area contributed by atoms with Gasteiger partial charge in [0.05, 0.1) is 0 Å². The van der Waals surface area contributed by atoms with Gasteiger partial charge in [-0.1, -0.05) is 84.4 Å². The van der Waals surface area contributed by atoms with Gasteiger partial charge in [-0.05, 0) is 22.8 Å². The molecular formula is C19H15ClO. The summed E-state index contributed by atoms with van der Waals surface area (Å²) in [7, 11) is 0. The Hall–Kier alpha value is -2.25. The number of hydrogen-bond acceptors (Lipinski definition) is 1. The van der Waals surface area contributed by atoms with E-state index in [2.05, 4.69) is 30.3 Å². The van der Waals surface area contributed by atoms with Crippen molar-refractivity contribution in [3.8, 4) is 28.0 Å². The highest BCUT2D eigenvalue weighted by atomic mass is 35.5. The summed E-state index contributed by atoms with van der Waals surface area (Å²) < 4.78 is 5.62. The Kier molecular flexibility index (Phi) is 4.23. The molecule has 0 aliphatic heterocycles. The van der Waals surface area contributed by atoms with Crippen molar-refractivity contribution in [2.45, 2.75) is 0 Å². The quantitative estimate of drug-likeness (QED) is 0.569. The Balaban J connectivity index is 2.23. The second-order valence-electron chi connectivity index (χ2n) is 4.66. The van der Waals surface area contributed by atoms with Crippen LogP contribution in [0.15, 0.2) is 78.9 Å². The van der Waals surface area contributed by atoms with Crippen molar-refractivity contribution in [1.82, 2.24) is 0 Å². The van der Waals surface area contributed by atoms with Crippen molar-refractivity contribution in [3.63, 3.8) is 0 Å². The van der Waals surface area contributed by atoms with Gasteiger partial charge in [-0.2, -0.15) is 0 Å². The Morgan fingerprint density at radius 1 is 0.667 bits per heavy atom. The summed E-state index contributed by atoms with van der Waals surface area (Å²) in [6.07, 6.45) is 0. The average Bonchev–Trinajstić information content (AvgIpc) is 2.56. The summed E-state index contributed by atoms with van der Waals surface area (Å²) in [6.45, 7) is 0. The number of rotatable bonds is 4. The van der Waals surface area contributed by atoms with Gasteiger partial charge in [0.25, 0.3) is 0 Å². The minimum atomic E-state index is 0.137. The molecule has 3 rings (SSSR count). The standard InChI is InChI=1S/C19H15ClO/c20-14-21-18-13-7-12-17(15-8-3-1-4-9-15)19(18)16-10-5-2-6-11-16/h1-13H,14H2. The van der Waals surface area contributed by atoms with Crippen LogP contribution in [0.4, 0.5) is 0 Å². The van der Waals surface area contributed by atoms with Crippen LogP contribution in [0.5, 0.6) is 5.75 Å². The van der Waals surface area contributed by atoms with E-state index in [1.54, 1.807) is 0 Å². The summed E-state index contributed by atoms with van der Waals surface area (Å²) in [5, 5.41) is 0. The zero-order valence-corrected chi connectivity index (χ0v) is 12.3. The highest BCUT2D eigenvalue weighted by Crippen LogP contribution is 2.39. The highest BCUT2D eigenvalue weighted by molar-refractivity contribution is 6.17. The molecule has 0 spiro atoms. The lowest BCUT2D eigenvalue weighted by molar-refractivity contribution is 0.390. The molecule has 21 heavy (non-hydrogen) atoms. The first-order valence-electron chi connectivity index (χ1n) is 6.83. The molecule has 0 bridgehead atoms. The van der Waals surface area contributed by atoms with E-state index in [9.17, 15) is 0 Å². The van der Waals surface area contributed by atoms with Crippen LogP contribution in [0.25, 0.3) is 22.3 Å². The molecule has 0 saturated heterocycles. The van der Waals surface area contributed by atoms with Gasteiger partial charge in [-0.3, -0.25) is 0 Å². The first-order chi connectivity index (χ1) is 10.4. The lowest BCUT2D eigenvalue weighted by Gasteiger charge is -2.15. The summed E-state index contributed by atoms with van der Waals surface area (Å²) in [5.74, 6) is 0.803. The number of hydrogen-bond donors (Lipinski definition) is 0. The van der Waals surface area contributed by atoms with Crippen molar-refractivity contribution >= 4 is 11.6 Å². The molecule has 0 atom stereocenters. The Morgan fingerprint density at radius 2 is 1.29 bits per heavy atom. The third kappa shape index (κ3) is 2.93. The SMILES string of the molecule is ClCOc1cccc(-c2ccccc2)c1-c1ccccc1. The largest absolute Gasteiger partial charge is 0.477 e. The maximum Gasteiger partial charge on any atom is 0.162 e. The number of alkyl halides is 1. The fraction of sp³-hybridized carbons (Fsp3) is 0.0526. The van der Waals surface area contributed by atoms with Gasteiger partial charge in [0.15, 0.2) is 6.07 Å². The van der Waals surface area contributed by atoms with Gasteiger partial charge < -0.3 is 4.74 Å². The number of benzene rings is 3. The van der Waals surface area contributed by atoms with E-state index in [0.717, 1.165) is 28.0 Å². The van der Waals surface area contributed by atoms with E-state index >= 15 is 0 Å². The maximum atomic E-state index is 5.77. The first kappa shape index (κ1) is 13.7. The monoisotopic (exact) mass is 294 g/mol. The van der Waals surface area contributed by atoms with Gasteiger partial charge in [0.1, 0.15) is 5.75 Å². The lowest BCUT2D eigenvalue weighted by atomic mass is 9.94. The smallest absolute Gasteiger partial charge is 0.162 e. The molecule has 3 aromatic carbocycles. The summed E-state index contributed by atoms with van der Waals surface area (Å²) in [5.41, 5.74) is 4.50. The maximum absolute atomic E-state index is 5.77. The van der Waals surface area contributed by atoms with Crippen LogP contribution >= 0.6 is 11.6 Å². The van der Waals surface area contributed by atoms with Crippen LogP contribution in [0.2, 0.25) is 0 Å². The zero-order valence-electron chi connectivity index (χ0n) is 11.5. The Morgan fingerprint density at radius 3 is 1.90 bits per heavy atom. The van der Waals surface area contributed by atoms with E-state index in [-0.39, 0.29) is 6.07 Å². The minimum Gasteiger partial charge on any atom is -0.477 e. The molecule has 0 unspecified atom stereocenters. The third-order valence-electron chi connectivity index (χ3n) is 3.38. The second-order valence-corrected chi connectivity index (χ2v) is 4.88. The molecule has 0 aliphatic rings. The molecule has 1 nitrogen and oxygen atoms in total. The topological polar surface area (TPSA) is 9.23 Å². The van der Waals surface area contributed by atoms with Crippen LogP contribution < -0.4 is 4.74 Å². The molecule has 0 amide bonds. The second kappa shape index (κ2) is 6.47. The molecule has 0 saturated carbocycles. The molecule has 0 fully saturated rings. The summed E-state index contributed by atoms with van der Waals surface area (Å²) in [6, 6.07) is 26.7. The van der Waals surface area contributed by atoms with E-state index < -0.39 is 0 Å². The third-order valence-corrected chi connectivity index (χ3v) is 3.49. The highest BCUT2D eigenvalue weighted by Gasteiger charge is 2.12. The molecule has 2 heteroatoms. The van der Waals surface area contributed by atoms with Crippen molar-refractivity contribution in [2.75, 3.05) is 6.07 Å². The van der Waals surface area contributed by atoms with E-state index in [0.29, 0.717) is 0 Å². The van der Waals surface area contributed by atoms with Crippen LogP contribution in [0.1, 0.15) is 0 Å². The summed E-state index contributed by atoms with van der Waals surface area (Å²) in [4.78, 5) is 0. The van der Waals surface area contributed by atoms with E-state index in [1.807, 2.05) is 48.5 Å². The predicted octanol–water partition coefficient (Wildman–Crippen LogP) is 5.60. The molecule has 0 aliphatic carbocycles.